The van der Waals surface area contributed by atoms with Gasteiger partial charge in [-0.05, 0) is 50.2 Å². The number of hydrogen-bond acceptors (Lipinski definition) is 1. The molecule has 2 fully saturated rings. The lowest BCUT2D eigenvalue weighted by atomic mass is 9.94. The highest BCUT2D eigenvalue weighted by Crippen LogP contribution is 2.45. The number of fused-ring (bicyclic) bond motifs is 2. The van der Waals surface area contributed by atoms with Crippen LogP contribution in [0, 0.1) is 17.7 Å². The van der Waals surface area contributed by atoms with E-state index in [0.29, 0.717) is 6.04 Å². The molecule has 0 aliphatic heterocycles. The molecule has 3 heteroatoms. The van der Waals surface area contributed by atoms with E-state index in [-0.39, 0.29) is 11.9 Å². The summed E-state index contributed by atoms with van der Waals surface area (Å²) >= 11 is 3.30. The standard InChI is InChI=1S/C15H19BrFN/c1-9(13-5-4-12(16)8-14(13)17)18-15-7-10-2-3-11(15)6-10/h4-5,8-11,15,18H,2-3,6-7H2,1H3. The van der Waals surface area contributed by atoms with Crippen LogP contribution in [-0.2, 0) is 0 Å². The van der Waals surface area contributed by atoms with Gasteiger partial charge in [0.05, 0.1) is 0 Å². The summed E-state index contributed by atoms with van der Waals surface area (Å²) in [5.74, 6) is 1.64. The Kier molecular flexibility index (Phi) is 3.46. The molecule has 0 aromatic heterocycles. The molecule has 2 bridgehead atoms. The van der Waals surface area contributed by atoms with Gasteiger partial charge in [0.1, 0.15) is 5.82 Å². The Labute approximate surface area is 116 Å². The molecule has 98 valence electrons. The van der Waals surface area contributed by atoms with Gasteiger partial charge in [-0.1, -0.05) is 28.4 Å². The smallest absolute Gasteiger partial charge is 0.129 e. The van der Waals surface area contributed by atoms with Crippen LogP contribution in [0.4, 0.5) is 4.39 Å². The highest BCUT2D eigenvalue weighted by atomic mass is 79.9. The van der Waals surface area contributed by atoms with Gasteiger partial charge < -0.3 is 5.32 Å². The predicted molar refractivity (Wildman–Crippen MR) is 74.9 cm³/mol. The molecule has 2 saturated carbocycles. The molecule has 4 unspecified atom stereocenters. The molecule has 1 aromatic rings. The summed E-state index contributed by atoms with van der Waals surface area (Å²) in [6.45, 7) is 2.07. The molecule has 2 aliphatic carbocycles. The van der Waals surface area contributed by atoms with Crippen LogP contribution in [0.1, 0.15) is 44.2 Å². The van der Waals surface area contributed by atoms with E-state index in [1.54, 1.807) is 6.07 Å². The Morgan fingerprint density at radius 1 is 1.33 bits per heavy atom. The van der Waals surface area contributed by atoms with Gasteiger partial charge in [0.2, 0.25) is 0 Å². The largest absolute Gasteiger partial charge is 0.307 e. The first-order chi connectivity index (χ1) is 8.63. The zero-order valence-corrected chi connectivity index (χ0v) is 12.2. The molecule has 2 aliphatic rings. The van der Waals surface area contributed by atoms with Crippen LogP contribution in [0.25, 0.3) is 0 Å². The Hall–Kier alpha value is -0.410. The number of nitrogens with one attached hydrogen (secondary N) is 1. The monoisotopic (exact) mass is 311 g/mol. The van der Waals surface area contributed by atoms with Crippen LogP contribution in [0.5, 0.6) is 0 Å². The van der Waals surface area contributed by atoms with Crippen molar-refractivity contribution in [1.29, 1.82) is 0 Å². The van der Waals surface area contributed by atoms with Gasteiger partial charge in [-0.15, -0.1) is 0 Å². The quantitative estimate of drug-likeness (QED) is 0.871. The fourth-order valence-corrected chi connectivity index (χ4v) is 4.05. The Morgan fingerprint density at radius 3 is 2.78 bits per heavy atom. The maximum atomic E-state index is 13.9. The summed E-state index contributed by atoms with van der Waals surface area (Å²) < 4.78 is 14.7. The summed E-state index contributed by atoms with van der Waals surface area (Å²) in [5.41, 5.74) is 0.779. The maximum Gasteiger partial charge on any atom is 0.129 e. The molecule has 0 saturated heterocycles. The lowest BCUT2D eigenvalue weighted by Crippen LogP contribution is -2.36. The van der Waals surface area contributed by atoms with E-state index in [2.05, 4.69) is 28.2 Å². The van der Waals surface area contributed by atoms with Crippen LogP contribution in [-0.4, -0.2) is 6.04 Å². The van der Waals surface area contributed by atoms with E-state index in [1.165, 1.54) is 25.7 Å². The van der Waals surface area contributed by atoms with Crippen molar-refractivity contribution in [2.75, 3.05) is 0 Å². The molecule has 18 heavy (non-hydrogen) atoms. The van der Waals surface area contributed by atoms with Crippen LogP contribution < -0.4 is 5.32 Å². The lowest BCUT2D eigenvalue weighted by molar-refractivity contribution is 0.324. The van der Waals surface area contributed by atoms with Gasteiger partial charge in [-0.2, -0.15) is 0 Å². The van der Waals surface area contributed by atoms with Crippen molar-refractivity contribution >= 4 is 15.9 Å². The number of rotatable bonds is 3. The van der Waals surface area contributed by atoms with Crippen molar-refractivity contribution in [2.24, 2.45) is 11.8 Å². The third-order valence-corrected chi connectivity index (χ3v) is 5.12. The van der Waals surface area contributed by atoms with Crippen LogP contribution in [0.2, 0.25) is 0 Å². The first-order valence-corrected chi connectivity index (χ1v) is 7.64. The maximum absolute atomic E-state index is 13.9. The first-order valence-electron chi connectivity index (χ1n) is 6.84. The molecule has 4 atom stereocenters. The second-order valence-electron chi connectivity index (χ2n) is 5.84. The van der Waals surface area contributed by atoms with Crippen LogP contribution in [0.3, 0.4) is 0 Å². The van der Waals surface area contributed by atoms with E-state index in [0.717, 1.165) is 21.9 Å². The SMILES string of the molecule is CC(NC1CC2CCC1C2)c1ccc(Br)cc1F. The van der Waals surface area contributed by atoms with Crippen molar-refractivity contribution in [3.63, 3.8) is 0 Å². The number of hydrogen-bond donors (Lipinski definition) is 1. The molecular weight excluding hydrogens is 293 g/mol. The topological polar surface area (TPSA) is 12.0 Å². The van der Waals surface area contributed by atoms with Crippen LogP contribution >= 0.6 is 15.9 Å². The Balaban J connectivity index is 1.69. The fourth-order valence-electron chi connectivity index (χ4n) is 3.71. The van der Waals surface area contributed by atoms with Crippen molar-refractivity contribution in [1.82, 2.24) is 5.32 Å². The van der Waals surface area contributed by atoms with E-state index >= 15 is 0 Å². The average Bonchev–Trinajstić information content (AvgIpc) is 2.90. The van der Waals surface area contributed by atoms with Gasteiger partial charge in [0.25, 0.3) is 0 Å². The van der Waals surface area contributed by atoms with E-state index in [1.807, 2.05) is 12.1 Å². The van der Waals surface area contributed by atoms with Gasteiger partial charge in [0.15, 0.2) is 0 Å². The van der Waals surface area contributed by atoms with Gasteiger partial charge >= 0.3 is 0 Å². The minimum Gasteiger partial charge on any atom is -0.307 e. The van der Waals surface area contributed by atoms with Crippen molar-refractivity contribution in [3.05, 3.63) is 34.1 Å². The van der Waals surface area contributed by atoms with E-state index in [4.69, 9.17) is 0 Å². The highest BCUT2D eigenvalue weighted by molar-refractivity contribution is 9.10. The molecule has 0 amide bonds. The van der Waals surface area contributed by atoms with Crippen molar-refractivity contribution in [2.45, 2.75) is 44.7 Å². The zero-order valence-electron chi connectivity index (χ0n) is 10.6. The number of benzene rings is 1. The Bertz CT molecular complexity index is 448. The minimum atomic E-state index is -0.118. The molecule has 0 radical (unpaired) electrons. The van der Waals surface area contributed by atoms with E-state index in [9.17, 15) is 4.39 Å². The molecule has 1 aromatic carbocycles. The van der Waals surface area contributed by atoms with Crippen molar-refractivity contribution in [3.8, 4) is 0 Å². The molecule has 0 heterocycles. The van der Waals surface area contributed by atoms with Crippen molar-refractivity contribution < 1.29 is 4.39 Å². The summed E-state index contributed by atoms with van der Waals surface area (Å²) in [5, 5.41) is 3.63. The Morgan fingerprint density at radius 2 is 2.17 bits per heavy atom. The minimum absolute atomic E-state index is 0.0995. The zero-order chi connectivity index (χ0) is 12.7. The second kappa shape index (κ2) is 4.93. The number of halogens is 2. The summed E-state index contributed by atoms with van der Waals surface area (Å²) in [6, 6.07) is 6.04. The third-order valence-electron chi connectivity index (χ3n) is 4.63. The molecular formula is C15H19BrFN. The summed E-state index contributed by atoms with van der Waals surface area (Å²) in [7, 11) is 0. The van der Waals surface area contributed by atoms with Gasteiger partial charge in [-0.3, -0.25) is 0 Å². The fraction of sp³-hybridized carbons (Fsp3) is 0.600. The molecule has 3 rings (SSSR count). The van der Waals surface area contributed by atoms with Gasteiger partial charge in [-0.25, -0.2) is 4.39 Å². The summed E-state index contributed by atoms with van der Waals surface area (Å²) in [4.78, 5) is 0. The summed E-state index contributed by atoms with van der Waals surface area (Å²) in [6.07, 6.45) is 5.43. The normalized spacial score (nSPS) is 31.8. The molecule has 1 nitrogen and oxygen atoms in total. The lowest BCUT2D eigenvalue weighted by Gasteiger charge is -2.27. The molecule has 1 N–H and O–H groups in total. The predicted octanol–water partition coefficient (Wildman–Crippen LogP) is 4.43. The van der Waals surface area contributed by atoms with E-state index < -0.39 is 0 Å². The second-order valence-corrected chi connectivity index (χ2v) is 6.75. The highest BCUT2D eigenvalue weighted by Gasteiger charge is 2.39. The first kappa shape index (κ1) is 12.6. The average molecular weight is 312 g/mol. The third kappa shape index (κ3) is 2.35. The van der Waals surface area contributed by atoms with Crippen LogP contribution in [0.15, 0.2) is 22.7 Å². The molecule has 0 spiro atoms. The van der Waals surface area contributed by atoms with Gasteiger partial charge in [0, 0.05) is 22.1 Å².